The summed E-state index contributed by atoms with van der Waals surface area (Å²) in [5, 5.41) is 2.52. The van der Waals surface area contributed by atoms with Gasteiger partial charge in [0, 0.05) is 19.6 Å². The lowest BCUT2D eigenvalue weighted by Gasteiger charge is -2.37. The molecule has 0 atom stereocenters. The van der Waals surface area contributed by atoms with Crippen molar-refractivity contribution in [2.75, 3.05) is 20.2 Å². The van der Waals surface area contributed by atoms with Crippen molar-refractivity contribution in [2.45, 2.75) is 66.0 Å². The second-order valence-corrected chi connectivity index (χ2v) is 10.6. The molecule has 0 aromatic heterocycles. The maximum Gasteiger partial charge on any atom is 0.311 e. The molecule has 4 nitrogen and oxygen atoms in total. The van der Waals surface area contributed by atoms with Crippen LogP contribution < -0.4 is 4.74 Å². The summed E-state index contributed by atoms with van der Waals surface area (Å²) in [6, 6.07) is 11.0. The first-order chi connectivity index (χ1) is 14.7. The highest BCUT2D eigenvalue weighted by Crippen LogP contribution is 2.39. The molecule has 0 unspecified atom stereocenters. The molecule has 1 aliphatic carbocycles. The van der Waals surface area contributed by atoms with Crippen molar-refractivity contribution in [3.63, 3.8) is 0 Å². The molecule has 2 fully saturated rings. The van der Waals surface area contributed by atoms with Crippen LogP contribution in [-0.2, 0) is 16.1 Å². The van der Waals surface area contributed by atoms with Gasteiger partial charge in [-0.1, -0.05) is 39.0 Å². The van der Waals surface area contributed by atoms with E-state index in [1.807, 2.05) is 0 Å². The van der Waals surface area contributed by atoms with Crippen molar-refractivity contribution >= 4 is 16.7 Å². The molecule has 2 aromatic carbocycles. The van der Waals surface area contributed by atoms with E-state index < -0.39 is 0 Å². The van der Waals surface area contributed by atoms with Crippen molar-refractivity contribution in [1.29, 1.82) is 0 Å². The number of aryl methyl sites for hydroxylation is 1. The van der Waals surface area contributed by atoms with E-state index in [9.17, 15) is 4.79 Å². The predicted octanol–water partition coefficient (Wildman–Crippen LogP) is 5.74. The molecular formula is C27H37NO3. The van der Waals surface area contributed by atoms with Gasteiger partial charge in [0.1, 0.15) is 5.75 Å². The van der Waals surface area contributed by atoms with Gasteiger partial charge in [-0.15, -0.1) is 0 Å². The van der Waals surface area contributed by atoms with Crippen LogP contribution in [0.2, 0.25) is 0 Å². The first kappa shape index (κ1) is 22.1. The van der Waals surface area contributed by atoms with Crippen molar-refractivity contribution in [3.05, 3.63) is 41.5 Å². The summed E-state index contributed by atoms with van der Waals surface area (Å²) >= 11 is 0. The third kappa shape index (κ3) is 4.90. The molecule has 1 heterocycles. The monoisotopic (exact) mass is 423 g/mol. The molecule has 0 N–H and O–H groups in total. The van der Waals surface area contributed by atoms with Crippen molar-refractivity contribution in [3.8, 4) is 5.75 Å². The van der Waals surface area contributed by atoms with Gasteiger partial charge in [0.05, 0.1) is 19.1 Å². The average molecular weight is 424 g/mol. The lowest BCUT2D eigenvalue weighted by atomic mass is 9.72. The number of benzene rings is 2. The van der Waals surface area contributed by atoms with Gasteiger partial charge in [-0.25, -0.2) is 0 Å². The van der Waals surface area contributed by atoms with Crippen LogP contribution in [0.25, 0.3) is 10.8 Å². The zero-order valence-corrected chi connectivity index (χ0v) is 19.7. The Balaban J connectivity index is 1.38. The summed E-state index contributed by atoms with van der Waals surface area (Å²) in [5.74, 6) is 1.77. The Morgan fingerprint density at radius 3 is 2.42 bits per heavy atom. The number of hydrogen-bond acceptors (Lipinski definition) is 4. The third-order valence-corrected chi connectivity index (χ3v) is 7.39. The number of methoxy groups -OCH3 is 1. The summed E-state index contributed by atoms with van der Waals surface area (Å²) in [6.07, 6.45) is 5.17. The van der Waals surface area contributed by atoms with Crippen LogP contribution in [0.3, 0.4) is 0 Å². The van der Waals surface area contributed by atoms with Gasteiger partial charge in [0.25, 0.3) is 0 Å². The first-order valence-corrected chi connectivity index (χ1v) is 11.7. The quantitative estimate of drug-likeness (QED) is 0.575. The molecule has 168 valence electrons. The molecule has 0 spiro atoms. The number of carbonyl (C=O) groups is 1. The number of esters is 1. The van der Waals surface area contributed by atoms with Crippen LogP contribution in [0.4, 0.5) is 0 Å². The average Bonchev–Trinajstić information content (AvgIpc) is 2.71. The van der Waals surface area contributed by atoms with Crippen LogP contribution in [0.5, 0.6) is 5.75 Å². The van der Waals surface area contributed by atoms with Gasteiger partial charge in [-0.3, -0.25) is 9.69 Å². The minimum absolute atomic E-state index is 0.0332. The van der Waals surface area contributed by atoms with Crippen molar-refractivity contribution < 1.29 is 14.3 Å². The van der Waals surface area contributed by atoms with E-state index in [1.165, 1.54) is 41.9 Å². The number of carbonyl (C=O) groups excluding carboxylic acids is 1. The lowest BCUT2D eigenvalue weighted by molar-refractivity contribution is -0.151. The number of hydrogen-bond donors (Lipinski definition) is 0. The molecule has 1 aliphatic heterocycles. The Morgan fingerprint density at radius 1 is 1.06 bits per heavy atom. The van der Waals surface area contributed by atoms with E-state index in [0.29, 0.717) is 11.5 Å². The molecule has 2 aromatic rings. The summed E-state index contributed by atoms with van der Waals surface area (Å²) < 4.78 is 11.3. The Bertz CT molecular complexity index is 931. The molecule has 2 aliphatic rings. The van der Waals surface area contributed by atoms with Crippen molar-refractivity contribution in [2.24, 2.45) is 17.3 Å². The smallest absolute Gasteiger partial charge is 0.311 e. The number of ether oxygens (including phenoxy) is 2. The molecular weight excluding hydrogens is 386 g/mol. The molecule has 0 bridgehead atoms. The number of fused-ring (bicyclic) bond motifs is 1. The maximum absolute atomic E-state index is 11.6. The molecule has 0 amide bonds. The highest BCUT2D eigenvalue weighted by atomic mass is 16.5. The van der Waals surface area contributed by atoms with Crippen molar-refractivity contribution in [1.82, 2.24) is 4.90 Å². The summed E-state index contributed by atoms with van der Waals surface area (Å²) in [5.41, 5.74) is 2.92. The Morgan fingerprint density at radius 2 is 1.77 bits per heavy atom. The summed E-state index contributed by atoms with van der Waals surface area (Å²) in [6.45, 7) is 11.7. The Hall–Kier alpha value is -2.07. The highest BCUT2D eigenvalue weighted by molar-refractivity contribution is 5.88. The standard InChI is InChI=1S/C27H37NO3/c1-18-24-12-6-19(15-28-16-21(17-28)26(29)30-5)14-20(24)7-13-25(18)31-23-10-8-22(9-11-23)27(2,3)4/h6-7,12-14,21-23H,8-11,15-17H2,1-5H3. The molecule has 31 heavy (non-hydrogen) atoms. The second kappa shape index (κ2) is 8.82. The SMILES string of the molecule is COC(=O)C1CN(Cc2ccc3c(C)c(OC4CCC(C(C)(C)C)CC4)ccc3c2)C1. The second-order valence-electron chi connectivity index (χ2n) is 10.6. The van der Waals surface area contributed by atoms with Crippen LogP contribution in [-0.4, -0.2) is 37.2 Å². The lowest BCUT2D eigenvalue weighted by Crippen LogP contribution is -2.49. The van der Waals surface area contributed by atoms with E-state index in [1.54, 1.807) is 0 Å². The molecule has 1 saturated carbocycles. The van der Waals surface area contributed by atoms with E-state index in [0.717, 1.165) is 44.1 Å². The largest absolute Gasteiger partial charge is 0.490 e. The first-order valence-electron chi connectivity index (χ1n) is 11.7. The topological polar surface area (TPSA) is 38.8 Å². The van der Waals surface area contributed by atoms with E-state index >= 15 is 0 Å². The van der Waals surface area contributed by atoms with E-state index in [2.05, 4.69) is 62.9 Å². The maximum atomic E-state index is 11.6. The molecule has 0 radical (unpaired) electrons. The Labute approximate surface area is 186 Å². The zero-order chi connectivity index (χ0) is 22.2. The molecule has 1 saturated heterocycles. The number of nitrogens with zero attached hydrogens (tertiary/aromatic N) is 1. The van der Waals surface area contributed by atoms with Crippen LogP contribution in [0, 0.1) is 24.2 Å². The van der Waals surface area contributed by atoms with Gasteiger partial charge >= 0.3 is 5.97 Å². The normalized spacial score (nSPS) is 22.9. The van der Waals surface area contributed by atoms with Gasteiger partial charge in [0.15, 0.2) is 0 Å². The fourth-order valence-electron chi connectivity index (χ4n) is 5.24. The number of rotatable bonds is 5. The third-order valence-electron chi connectivity index (χ3n) is 7.39. The Kier molecular flexibility index (Phi) is 6.30. The van der Waals surface area contributed by atoms with Crippen LogP contribution in [0.15, 0.2) is 30.3 Å². The minimum atomic E-state index is -0.0928. The number of likely N-dealkylation sites (tertiary alicyclic amines) is 1. The van der Waals surface area contributed by atoms with Gasteiger partial charge in [0.2, 0.25) is 0 Å². The summed E-state index contributed by atoms with van der Waals surface area (Å²) in [4.78, 5) is 13.9. The minimum Gasteiger partial charge on any atom is -0.490 e. The van der Waals surface area contributed by atoms with E-state index in [-0.39, 0.29) is 11.9 Å². The summed E-state index contributed by atoms with van der Waals surface area (Å²) in [7, 11) is 1.46. The van der Waals surface area contributed by atoms with Crippen LogP contribution in [0.1, 0.15) is 57.6 Å². The van der Waals surface area contributed by atoms with Crippen LogP contribution >= 0.6 is 0 Å². The highest BCUT2D eigenvalue weighted by Gasteiger charge is 2.33. The van der Waals surface area contributed by atoms with Gasteiger partial charge in [-0.2, -0.15) is 0 Å². The fourth-order valence-corrected chi connectivity index (χ4v) is 5.24. The molecule has 4 rings (SSSR count). The molecule has 4 heteroatoms. The fraction of sp³-hybridized carbons (Fsp3) is 0.593. The predicted molar refractivity (Wildman–Crippen MR) is 125 cm³/mol. The van der Waals surface area contributed by atoms with E-state index in [4.69, 9.17) is 9.47 Å². The van der Waals surface area contributed by atoms with Gasteiger partial charge in [-0.05, 0) is 78.0 Å². The van der Waals surface area contributed by atoms with Gasteiger partial charge < -0.3 is 9.47 Å². The zero-order valence-electron chi connectivity index (χ0n) is 19.7.